The Labute approximate surface area is 194 Å². The molecule has 2 aliphatic heterocycles. The number of carbonyl (C=O) groups excluding carboxylic acids is 1. The number of hydrogen-bond acceptors (Lipinski definition) is 5. The fourth-order valence-corrected chi connectivity index (χ4v) is 5.31. The zero-order valence-corrected chi connectivity index (χ0v) is 19.5. The molecular weight excluding hydrogens is 414 g/mol. The number of aromatic nitrogens is 2. The molecule has 7 heteroatoms. The summed E-state index contributed by atoms with van der Waals surface area (Å²) >= 11 is 0. The summed E-state index contributed by atoms with van der Waals surface area (Å²) in [5.41, 5.74) is 2.35. The van der Waals surface area contributed by atoms with Crippen LogP contribution in [-0.4, -0.2) is 59.6 Å². The van der Waals surface area contributed by atoms with Gasteiger partial charge >= 0.3 is 0 Å². The average Bonchev–Trinajstić information content (AvgIpc) is 3.33. The molecule has 1 N–H and O–H groups in total. The second kappa shape index (κ2) is 8.63. The molecule has 3 aromatic rings. The highest BCUT2D eigenvalue weighted by molar-refractivity contribution is 5.84. The Hall–Kier alpha value is -3.19. The zero-order chi connectivity index (χ0) is 23.1. The Morgan fingerprint density at radius 2 is 1.76 bits per heavy atom. The molecule has 1 amide bonds. The fraction of sp³-hybridized carbons (Fsp3) is 0.423. The highest BCUT2D eigenvalue weighted by atomic mass is 16.2. The van der Waals surface area contributed by atoms with Crippen LogP contribution in [-0.2, 0) is 11.3 Å². The van der Waals surface area contributed by atoms with E-state index in [1.54, 1.807) is 0 Å². The van der Waals surface area contributed by atoms with Crippen LogP contribution >= 0.6 is 0 Å². The van der Waals surface area contributed by atoms with Crippen LogP contribution in [0.5, 0.6) is 0 Å². The van der Waals surface area contributed by atoms with Gasteiger partial charge in [-0.1, -0.05) is 30.3 Å². The van der Waals surface area contributed by atoms with Gasteiger partial charge in [0.1, 0.15) is 12.4 Å². The van der Waals surface area contributed by atoms with Gasteiger partial charge in [-0.05, 0) is 50.9 Å². The van der Waals surface area contributed by atoms with Crippen molar-refractivity contribution in [1.29, 1.82) is 0 Å². The standard InChI is InChI=1S/C26H31N5O2/c1-17(2)27-24(32)16-31-25(18-7-5-4-6-8-18)28-23-10-9-21(11-22(23)26(31)33)30-14-19-12-29(3)13-20(19)15-30/h4-11,17,19-20H,12-16H2,1-3H3,(H,27,32). The van der Waals surface area contributed by atoms with Crippen molar-refractivity contribution in [2.45, 2.75) is 26.4 Å². The van der Waals surface area contributed by atoms with Crippen LogP contribution in [0.3, 0.4) is 0 Å². The molecule has 2 fully saturated rings. The van der Waals surface area contributed by atoms with Gasteiger partial charge in [-0.2, -0.15) is 0 Å². The number of rotatable bonds is 5. The topological polar surface area (TPSA) is 70.5 Å². The van der Waals surface area contributed by atoms with Crippen LogP contribution in [0.2, 0.25) is 0 Å². The van der Waals surface area contributed by atoms with Crippen LogP contribution in [0.1, 0.15) is 13.8 Å². The third kappa shape index (κ3) is 4.25. The van der Waals surface area contributed by atoms with E-state index in [0.29, 0.717) is 28.6 Å². The lowest BCUT2D eigenvalue weighted by atomic mass is 10.0. The van der Waals surface area contributed by atoms with Crippen molar-refractivity contribution >= 4 is 22.5 Å². The summed E-state index contributed by atoms with van der Waals surface area (Å²) < 4.78 is 1.51. The minimum Gasteiger partial charge on any atom is -0.371 e. The van der Waals surface area contributed by atoms with E-state index in [2.05, 4.69) is 28.2 Å². The molecule has 172 valence electrons. The van der Waals surface area contributed by atoms with E-state index in [4.69, 9.17) is 4.98 Å². The van der Waals surface area contributed by atoms with E-state index in [-0.39, 0.29) is 24.1 Å². The van der Waals surface area contributed by atoms with Crippen molar-refractivity contribution in [3.05, 3.63) is 58.9 Å². The molecule has 0 bridgehead atoms. The Bertz CT molecular complexity index is 1220. The highest BCUT2D eigenvalue weighted by Gasteiger charge is 2.38. The number of likely N-dealkylation sites (tertiary alicyclic amines) is 1. The fourth-order valence-electron chi connectivity index (χ4n) is 5.31. The van der Waals surface area contributed by atoms with Crippen molar-refractivity contribution in [2.75, 3.05) is 38.1 Å². The third-order valence-corrected chi connectivity index (χ3v) is 6.76. The smallest absolute Gasteiger partial charge is 0.262 e. The molecule has 0 spiro atoms. The SMILES string of the molecule is CC(C)NC(=O)Cn1c(-c2ccccc2)nc2ccc(N3CC4CN(C)CC4C3)cc2c1=O. The lowest BCUT2D eigenvalue weighted by Gasteiger charge is -2.22. The van der Waals surface area contributed by atoms with Gasteiger partial charge < -0.3 is 15.1 Å². The summed E-state index contributed by atoms with van der Waals surface area (Å²) in [5.74, 6) is 1.68. The van der Waals surface area contributed by atoms with Gasteiger partial charge in [0.15, 0.2) is 0 Å². The van der Waals surface area contributed by atoms with Gasteiger partial charge in [-0.25, -0.2) is 4.98 Å². The summed E-state index contributed by atoms with van der Waals surface area (Å²) in [6.45, 7) is 8.05. The van der Waals surface area contributed by atoms with Crippen molar-refractivity contribution in [2.24, 2.45) is 11.8 Å². The largest absolute Gasteiger partial charge is 0.371 e. The van der Waals surface area contributed by atoms with Gasteiger partial charge in [0.05, 0.1) is 10.9 Å². The molecule has 0 aliphatic carbocycles. The van der Waals surface area contributed by atoms with Crippen molar-refractivity contribution in [3.63, 3.8) is 0 Å². The van der Waals surface area contributed by atoms with E-state index in [1.165, 1.54) is 4.57 Å². The predicted molar refractivity (Wildman–Crippen MR) is 131 cm³/mol. The zero-order valence-electron chi connectivity index (χ0n) is 19.5. The summed E-state index contributed by atoms with van der Waals surface area (Å²) in [7, 11) is 2.19. The molecule has 2 unspecified atom stereocenters. The molecule has 0 radical (unpaired) electrons. The molecular formula is C26H31N5O2. The number of amides is 1. The monoisotopic (exact) mass is 445 g/mol. The van der Waals surface area contributed by atoms with Gasteiger partial charge in [0.2, 0.25) is 5.91 Å². The number of carbonyl (C=O) groups is 1. The molecule has 5 rings (SSSR count). The number of anilines is 1. The number of benzene rings is 2. The van der Waals surface area contributed by atoms with Crippen molar-refractivity contribution in [3.8, 4) is 11.4 Å². The van der Waals surface area contributed by atoms with Crippen LogP contribution in [0.15, 0.2) is 53.3 Å². The Morgan fingerprint density at radius 3 is 2.42 bits per heavy atom. The van der Waals surface area contributed by atoms with Crippen LogP contribution in [0.4, 0.5) is 5.69 Å². The van der Waals surface area contributed by atoms with Gasteiger partial charge in [0.25, 0.3) is 5.56 Å². The number of hydrogen-bond donors (Lipinski definition) is 1. The van der Waals surface area contributed by atoms with Crippen molar-refractivity contribution in [1.82, 2.24) is 19.8 Å². The minimum absolute atomic E-state index is 0.00191. The normalized spacial score (nSPS) is 20.5. The maximum absolute atomic E-state index is 13.7. The number of nitrogens with zero attached hydrogens (tertiary/aromatic N) is 4. The third-order valence-electron chi connectivity index (χ3n) is 6.76. The van der Waals surface area contributed by atoms with E-state index in [1.807, 2.05) is 56.3 Å². The molecule has 2 aromatic carbocycles. The summed E-state index contributed by atoms with van der Waals surface area (Å²) in [6, 6.07) is 15.6. The average molecular weight is 446 g/mol. The van der Waals surface area contributed by atoms with Gasteiger partial charge in [-0.3, -0.25) is 14.2 Å². The summed E-state index contributed by atoms with van der Waals surface area (Å²) in [5, 5.41) is 3.44. The van der Waals surface area contributed by atoms with Gasteiger partial charge in [-0.15, -0.1) is 0 Å². The molecule has 33 heavy (non-hydrogen) atoms. The molecule has 1 aromatic heterocycles. The summed E-state index contributed by atoms with van der Waals surface area (Å²) in [6.07, 6.45) is 0. The lowest BCUT2D eigenvalue weighted by Crippen LogP contribution is -2.37. The second-order valence-electron chi connectivity index (χ2n) is 9.76. The van der Waals surface area contributed by atoms with Crippen LogP contribution < -0.4 is 15.8 Å². The summed E-state index contributed by atoms with van der Waals surface area (Å²) in [4.78, 5) is 35.9. The second-order valence-corrected chi connectivity index (χ2v) is 9.76. The minimum atomic E-state index is -0.196. The first-order valence-corrected chi connectivity index (χ1v) is 11.7. The molecule has 7 nitrogen and oxygen atoms in total. The maximum Gasteiger partial charge on any atom is 0.262 e. The molecule has 0 saturated carbocycles. The first-order valence-electron chi connectivity index (χ1n) is 11.7. The predicted octanol–water partition coefficient (Wildman–Crippen LogP) is 2.59. The number of fused-ring (bicyclic) bond motifs is 2. The van der Waals surface area contributed by atoms with Crippen LogP contribution in [0.25, 0.3) is 22.3 Å². The maximum atomic E-state index is 13.7. The van der Waals surface area contributed by atoms with E-state index in [0.717, 1.165) is 37.4 Å². The first-order chi connectivity index (χ1) is 15.9. The lowest BCUT2D eigenvalue weighted by molar-refractivity contribution is -0.122. The highest BCUT2D eigenvalue weighted by Crippen LogP contribution is 2.34. The molecule has 2 aliphatic rings. The van der Waals surface area contributed by atoms with E-state index in [9.17, 15) is 9.59 Å². The molecule has 2 atom stereocenters. The Balaban J connectivity index is 1.55. The van der Waals surface area contributed by atoms with E-state index >= 15 is 0 Å². The van der Waals surface area contributed by atoms with Gasteiger partial charge in [0, 0.05) is 43.5 Å². The Morgan fingerprint density at radius 1 is 1.06 bits per heavy atom. The van der Waals surface area contributed by atoms with Crippen molar-refractivity contribution < 1.29 is 4.79 Å². The quantitative estimate of drug-likeness (QED) is 0.654. The molecule has 3 heterocycles. The first kappa shape index (κ1) is 21.6. The van der Waals surface area contributed by atoms with E-state index < -0.39 is 0 Å². The van der Waals surface area contributed by atoms with Crippen LogP contribution in [0, 0.1) is 11.8 Å². The number of nitrogens with one attached hydrogen (secondary N) is 1. The molecule has 2 saturated heterocycles. The Kier molecular flexibility index (Phi) is 5.66.